The molecule has 0 saturated carbocycles. The summed E-state index contributed by atoms with van der Waals surface area (Å²) >= 11 is 0. The second-order valence-electron chi connectivity index (χ2n) is 8.09. The van der Waals surface area contributed by atoms with Gasteiger partial charge >= 0.3 is 0 Å². The maximum absolute atomic E-state index is 13.5. The van der Waals surface area contributed by atoms with Crippen LogP contribution in [0.1, 0.15) is 22.6 Å². The van der Waals surface area contributed by atoms with Crippen LogP contribution < -0.4 is 11.1 Å². The van der Waals surface area contributed by atoms with Crippen molar-refractivity contribution in [3.8, 4) is 22.6 Å². The number of nitrogens with zero attached hydrogens (tertiary/aromatic N) is 6. The quantitative estimate of drug-likeness (QED) is 0.413. The molecule has 1 aliphatic rings. The molecule has 5 heterocycles. The van der Waals surface area contributed by atoms with Crippen molar-refractivity contribution < 1.29 is 9.18 Å². The smallest absolute Gasteiger partial charge is 0.257 e. The van der Waals surface area contributed by atoms with Crippen molar-refractivity contribution in [2.75, 3.05) is 11.1 Å². The van der Waals surface area contributed by atoms with Crippen LogP contribution in [0.3, 0.4) is 0 Å². The predicted molar refractivity (Wildman–Crippen MR) is 130 cm³/mol. The number of hydrogen-bond acceptors (Lipinski definition) is 6. The Labute approximate surface area is 198 Å². The van der Waals surface area contributed by atoms with E-state index in [0.717, 1.165) is 35.7 Å². The number of anilines is 2. The van der Waals surface area contributed by atoms with Gasteiger partial charge in [0.2, 0.25) is 0 Å². The van der Waals surface area contributed by atoms with Gasteiger partial charge < -0.3 is 15.6 Å². The summed E-state index contributed by atoms with van der Waals surface area (Å²) in [6.07, 6.45) is 8.06. The summed E-state index contributed by atoms with van der Waals surface area (Å²) in [7, 11) is 0. The molecule has 3 N–H and O–H groups in total. The Morgan fingerprint density at radius 3 is 2.77 bits per heavy atom. The molecular formula is C25H19FN8O. The molecule has 9 nitrogen and oxygen atoms in total. The lowest BCUT2D eigenvalue weighted by atomic mass is 10.1. The van der Waals surface area contributed by atoms with Crippen LogP contribution in [-0.4, -0.2) is 35.0 Å². The Kier molecular flexibility index (Phi) is 4.84. The van der Waals surface area contributed by atoms with Crippen molar-refractivity contribution in [2.24, 2.45) is 0 Å². The number of nitrogens with one attached hydrogen (secondary N) is 1. The van der Waals surface area contributed by atoms with Crippen LogP contribution in [0.15, 0.2) is 67.0 Å². The Hall–Kier alpha value is -4.86. The van der Waals surface area contributed by atoms with Crippen LogP contribution >= 0.6 is 0 Å². The molecule has 0 unspecified atom stereocenters. The van der Waals surface area contributed by atoms with E-state index in [1.165, 1.54) is 24.4 Å². The van der Waals surface area contributed by atoms with Crippen LogP contribution in [0.4, 0.5) is 16.0 Å². The van der Waals surface area contributed by atoms with E-state index in [4.69, 9.17) is 15.8 Å². The number of halogens is 1. The van der Waals surface area contributed by atoms with Gasteiger partial charge in [-0.05, 0) is 61.0 Å². The molecule has 1 aliphatic heterocycles. The normalized spacial score (nSPS) is 12.6. The average Bonchev–Trinajstić information content (AvgIpc) is 3.44. The molecule has 6 rings (SSSR count). The van der Waals surface area contributed by atoms with Crippen molar-refractivity contribution in [1.29, 1.82) is 0 Å². The number of aromatic nitrogens is 6. The summed E-state index contributed by atoms with van der Waals surface area (Å²) < 4.78 is 17.3. The lowest BCUT2D eigenvalue weighted by molar-refractivity contribution is 0.102. The molecule has 5 aromatic rings. The van der Waals surface area contributed by atoms with Gasteiger partial charge in [0, 0.05) is 23.9 Å². The van der Waals surface area contributed by atoms with E-state index in [9.17, 15) is 9.18 Å². The molecule has 1 aromatic carbocycles. The highest BCUT2D eigenvalue weighted by atomic mass is 19.1. The van der Waals surface area contributed by atoms with Gasteiger partial charge in [0.15, 0.2) is 11.5 Å². The third-order valence-electron chi connectivity index (χ3n) is 5.75. The average molecular weight is 466 g/mol. The van der Waals surface area contributed by atoms with Crippen molar-refractivity contribution in [3.05, 3.63) is 84.2 Å². The number of benzene rings is 1. The zero-order valence-corrected chi connectivity index (χ0v) is 18.4. The molecule has 0 radical (unpaired) electrons. The molecule has 10 heteroatoms. The number of carbonyl (C=O) groups is 1. The van der Waals surface area contributed by atoms with E-state index in [1.54, 1.807) is 28.9 Å². The summed E-state index contributed by atoms with van der Waals surface area (Å²) in [5.41, 5.74) is 9.67. The number of nitrogen functional groups attached to an aromatic ring is 1. The lowest BCUT2D eigenvalue weighted by Crippen LogP contribution is -2.12. The van der Waals surface area contributed by atoms with E-state index in [-0.39, 0.29) is 17.5 Å². The first kappa shape index (κ1) is 20.7. The fourth-order valence-corrected chi connectivity index (χ4v) is 4.13. The van der Waals surface area contributed by atoms with E-state index in [2.05, 4.69) is 25.9 Å². The van der Waals surface area contributed by atoms with Gasteiger partial charge in [-0.3, -0.25) is 4.79 Å². The summed E-state index contributed by atoms with van der Waals surface area (Å²) in [5, 5.41) is 7.52. The molecule has 0 saturated heterocycles. The Morgan fingerprint density at radius 2 is 1.94 bits per heavy atom. The summed E-state index contributed by atoms with van der Waals surface area (Å²) in [5.74, 6) is 0.781. The van der Waals surface area contributed by atoms with Gasteiger partial charge in [-0.1, -0.05) is 6.08 Å². The van der Waals surface area contributed by atoms with Crippen molar-refractivity contribution in [2.45, 2.75) is 13.0 Å². The van der Waals surface area contributed by atoms with Gasteiger partial charge in [0.1, 0.15) is 23.2 Å². The number of allylic oxidation sites excluding steroid dienone is 1. The molecule has 0 fully saturated rings. The van der Waals surface area contributed by atoms with Crippen molar-refractivity contribution in [3.63, 3.8) is 0 Å². The Balaban J connectivity index is 1.39. The van der Waals surface area contributed by atoms with E-state index >= 15 is 0 Å². The number of fused-ring (bicyclic) bond motifs is 2. The number of amides is 1. The molecular weight excluding hydrogens is 447 g/mol. The van der Waals surface area contributed by atoms with E-state index in [1.807, 2.05) is 18.2 Å². The predicted octanol–water partition coefficient (Wildman–Crippen LogP) is 4.05. The fourth-order valence-electron chi connectivity index (χ4n) is 4.13. The van der Waals surface area contributed by atoms with Gasteiger partial charge in [0.05, 0.1) is 17.6 Å². The van der Waals surface area contributed by atoms with E-state index < -0.39 is 0 Å². The third-order valence-corrected chi connectivity index (χ3v) is 5.75. The summed E-state index contributed by atoms with van der Waals surface area (Å²) in [4.78, 5) is 25.7. The monoisotopic (exact) mass is 466 g/mol. The van der Waals surface area contributed by atoms with Gasteiger partial charge in [0.25, 0.3) is 5.91 Å². The molecule has 0 aliphatic carbocycles. The third kappa shape index (κ3) is 3.80. The molecule has 172 valence electrons. The van der Waals surface area contributed by atoms with Crippen LogP contribution in [-0.2, 0) is 6.54 Å². The maximum atomic E-state index is 13.5. The second kappa shape index (κ2) is 8.17. The van der Waals surface area contributed by atoms with Gasteiger partial charge in [-0.15, -0.1) is 0 Å². The summed E-state index contributed by atoms with van der Waals surface area (Å²) in [6, 6.07) is 13.0. The number of carbonyl (C=O) groups excluding carboxylic acids is 1. The maximum Gasteiger partial charge on any atom is 0.257 e. The van der Waals surface area contributed by atoms with Crippen LogP contribution in [0, 0.1) is 5.82 Å². The SMILES string of the molecule is Nc1cc(C(=O)Nc2cn3nc(-c4c(-c5ccc(F)cc5)nc5n4CCC=C5)ccc3n2)ccn1. The highest BCUT2D eigenvalue weighted by Gasteiger charge is 2.22. The number of hydrogen-bond donors (Lipinski definition) is 2. The Bertz CT molecular complexity index is 1620. The number of pyridine rings is 1. The minimum absolute atomic E-state index is 0.259. The molecule has 0 atom stereocenters. The van der Waals surface area contributed by atoms with Crippen LogP contribution in [0.25, 0.3) is 34.4 Å². The highest BCUT2D eigenvalue weighted by Crippen LogP contribution is 2.34. The minimum atomic E-state index is -0.349. The van der Waals surface area contributed by atoms with Crippen molar-refractivity contribution >= 4 is 29.3 Å². The number of imidazole rings is 2. The highest BCUT2D eigenvalue weighted by molar-refractivity contribution is 6.04. The zero-order chi connectivity index (χ0) is 23.9. The van der Waals surface area contributed by atoms with Crippen LogP contribution in [0.2, 0.25) is 0 Å². The van der Waals surface area contributed by atoms with Gasteiger partial charge in [-0.25, -0.2) is 23.9 Å². The first-order chi connectivity index (χ1) is 17.0. The standard InChI is InChI=1S/C25H19FN8O/c26-17-6-4-15(5-7-17)23-24(33-12-2-1-3-21(33)31-23)18-8-9-22-29-20(14-34(22)32-18)30-25(35)16-10-11-28-19(27)13-16/h1,3-11,13-14H,2,12H2,(H2,27,28)(H,30,35). The second-order valence-corrected chi connectivity index (χ2v) is 8.09. The molecule has 0 bridgehead atoms. The fraction of sp³-hybridized carbons (Fsp3) is 0.0800. The first-order valence-corrected chi connectivity index (χ1v) is 11.0. The zero-order valence-electron chi connectivity index (χ0n) is 18.4. The first-order valence-electron chi connectivity index (χ1n) is 11.0. The largest absolute Gasteiger partial charge is 0.384 e. The van der Waals surface area contributed by atoms with Gasteiger partial charge in [-0.2, -0.15) is 5.10 Å². The Morgan fingerprint density at radius 1 is 1.09 bits per heavy atom. The molecule has 4 aromatic heterocycles. The molecule has 35 heavy (non-hydrogen) atoms. The molecule has 1 amide bonds. The van der Waals surface area contributed by atoms with Crippen molar-refractivity contribution in [1.82, 2.24) is 29.1 Å². The van der Waals surface area contributed by atoms with E-state index in [0.29, 0.717) is 22.7 Å². The lowest BCUT2D eigenvalue weighted by Gasteiger charge is -2.13. The topological polar surface area (TPSA) is 116 Å². The van der Waals surface area contributed by atoms with Crippen LogP contribution in [0.5, 0.6) is 0 Å². The number of nitrogens with two attached hydrogens (primary N) is 1. The number of rotatable bonds is 4. The minimum Gasteiger partial charge on any atom is -0.384 e. The molecule has 0 spiro atoms. The summed E-state index contributed by atoms with van der Waals surface area (Å²) in [6.45, 7) is 0.759.